The molecule has 0 aromatic heterocycles. The number of unbranched alkanes of at least 4 members (excludes halogenated alkanes) is 41. The molecule has 70 heavy (non-hydrogen) atoms. The summed E-state index contributed by atoms with van der Waals surface area (Å²) in [5.74, 6) is -0.0430. The summed E-state index contributed by atoms with van der Waals surface area (Å²) < 4.78 is 5.49. The van der Waals surface area contributed by atoms with Crippen molar-refractivity contribution in [1.82, 2.24) is 5.32 Å². The zero-order valence-corrected chi connectivity index (χ0v) is 47.0. The van der Waals surface area contributed by atoms with Gasteiger partial charge in [0.05, 0.1) is 25.4 Å². The van der Waals surface area contributed by atoms with Crippen LogP contribution in [0.2, 0.25) is 0 Å². The van der Waals surface area contributed by atoms with Crippen molar-refractivity contribution in [2.24, 2.45) is 0 Å². The Balaban J connectivity index is 3.42. The number of nitrogens with one attached hydrogen (secondary N) is 1. The van der Waals surface area contributed by atoms with E-state index in [9.17, 15) is 19.8 Å². The lowest BCUT2D eigenvalue weighted by Crippen LogP contribution is -2.45. The SMILES string of the molecule is CCCCC/C=C\C/C=C\CCCCCCCCCCCC(=O)OCCCCCCCCCC/C=C\CCCCCCCCCC(=O)NC(CO)C(O)CCCCCCCCCCCCCCCCC. The smallest absolute Gasteiger partial charge is 0.305 e. The van der Waals surface area contributed by atoms with Gasteiger partial charge in [0.1, 0.15) is 0 Å². The molecular formula is C64H121NO5. The van der Waals surface area contributed by atoms with Crippen molar-refractivity contribution >= 4 is 11.9 Å². The molecule has 0 heterocycles. The van der Waals surface area contributed by atoms with Gasteiger partial charge in [-0.05, 0) is 83.5 Å². The summed E-state index contributed by atoms with van der Waals surface area (Å²) in [5, 5.41) is 23.3. The lowest BCUT2D eigenvalue weighted by atomic mass is 10.0. The summed E-state index contributed by atoms with van der Waals surface area (Å²) in [4.78, 5) is 24.6. The van der Waals surface area contributed by atoms with Crippen LogP contribution in [0, 0.1) is 0 Å². The Morgan fingerprint density at radius 3 is 1.13 bits per heavy atom. The van der Waals surface area contributed by atoms with Gasteiger partial charge in [0.2, 0.25) is 5.91 Å². The van der Waals surface area contributed by atoms with Crippen molar-refractivity contribution in [3.05, 3.63) is 36.5 Å². The number of allylic oxidation sites excluding steroid dienone is 6. The summed E-state index contributed by atoms with van der Waals surface area (Å²) in [6.07, 6.45) is 74.3. The van der Waals surface area contributed by atoms with Gasteiger partial charge in [-0.1, -0.05) is 275 Å². The molecule has 1 amide bonds. The average Bonchev–Trinajstić information content (AvgIpc) is 3.36. The third kappa shape index (κ3) is 55.4. The van der Waals surface area contributed by atoms with Gasteiger partial charge in [-0.2, -0.15) is 0 Å². The first-order chi connectivity index (χ1) is 34.5. The number of aliphatic hydroxyl groups is 2. The fraction of sp³-hybridized carbons (Fsp3) is 0.875. The number of hydrogen-bond acceptors (Lipinski definition) is 5. The first-order valence-corrected chi connectivity index (χ1v) is 31.2. The molecule has 2 atom stereocenters. The third-order valence-corrected chi connectivity index (χ3v) is 14.4. The first kappa shape index (κ1) is 68.1. The third-order valence-electron chi connectivity index (χ3n) is 14.4. The van der Waals surface area contributed by atoms with Crippen LogP contribution in [-0.2, 0) is 14.3 Å². The standard InChI is InChI=1S/C64H121NO5/c1-3-5-7-9-11-13-15-17-19-20-22-26-30-34-38-42-46-50-54-58-64(69)70-59-55-51-47-43-39-35-31-27-24-21-23-25-29-33-37-41-45-49-53-57-63(68)65-61(60-66)62(67)56-52-48-44-40-36-32-28-18-16-14-12-10-8-6-4-2/h11,13,17,19,21,23,61-62,66-67H,3-10,12,14-16,18,20,22,24-60H2,1-2H3,(H,65,68)/b13-11-,19-17-,23-21-. The summed E-state index contributed by atoms with van der Waals surface area (Å²) in [7, 11) is 0. The lowest BCUT2D eigenvalue weighted by molar-refractivity contribution is -0.143. The average molecular weight is 985 g/mol. The fourth-order valence-corrected chi connectivity index (χ4v) is 9.61. The molecule has 0 saturated carbocycles. The molecule has 0 saturated heterocycles. The topological polar surface area (TPSA) is 95.9 Å². The highest BCUT2D eigenvalue weighted by Gasteiger charge is 2.20. The second-order valence-electron chi connectivity index (χ2n) is 21.4. The molecule has 2 unspecified atom stereocenters. The first-order valence-electron chi connectivity index (χ1n) is 31.2. The summed E-state index contributed by atoms with van der Waals surface area (Å²) >= 11 is 0. The molecule has 0 aromatic rings. The van der Waals surface area contributed by atoms with Gasteiger partial charge < -0.3 is 20.3 Å². The fourth-order valence-electron chi connectivity index (χ4n) is 9.61. The molecular weight excluding hydrogens is 863 g/mol. The monoisotopic (exact) mass is 984 g/mol. The number of aliphatic hydroxyl groups excluding tert-OH is 2. The summed E-state index contributed by atoms with van der Waals surface area (Å²) in [5.41, 5.74) is 0. The van der Waals surface area contributed by atoms with Crippen molar-refractivity contribution in [2.45, 2.75) is 347 Å². The maximum absolute atomic E-state index is 12.5. The Morgan fingerprint density at radius 1 is 0.400 bits per heavy atom. The predicted molar refractivity (Wildman–Crippen MR) is 306 cm³/mol. The second-order valence-corrected chi connectivity index (χ2v) is 21.4. The van der Waals surface area contributed by atoms with E-state index in [0.29, 0.717) is 25.9 Å². The zero-order valence-electron chi connectivity index (χ0n) is 47.0. The molecule has 0 radical (unpaired) electrons. The van der Waals surface area contributed by atoms with E-state index in [1.54, 1.807) is 0 Å². The largest absolute Gasteiger partial charge is 0.466 e. The van der Waals surface area contributed by atoms with Crippen LogP contribution in [0.25, 0.3) is 0 Å². The molecule has 0 fully saturated rings. The number of amides is 1. The van der Waals surface area contributed by atoms with Gasteiger partial charge >= 0.3 is 5.97 Å². The summed E-state index contributed by atoms with van der Waals surface area (Å²) in [6.45, 7) is 4.93. The molecule has 0 spiro atoms. The Labute approximate surface area is 436 Å². The van der Waals surface area contributed by atoms with Gasteiger partial charge in [0.25, 0.3) is 0 Å². The van der Waals surface area contributed by atoms with Crippen LogP contribution in [0.4, 0.5) is 0 Å². The van der Waals surface area contributed by atoms with E-state index in [4.69, 9.17) is 4.74 Å². The van der Waals surface area contributed by atoms with Crippen LogP contribution in [0.1, 0.15) is 335 Å². The van der Waals surface area contributed by atoms with Crippen LogP contribution >= 0.6 is 0 Å². The van der Waals surface area contributed by atoms with Crippen molar-refractivity contribution in [3.8, 4) is 0 Å². The van der Waals surface area contributed by atoms with Crippen LogP contribution < -0.4 is 5.32 Å². The quantitative estimate of drug-likeness (QED) is 0.0321. The van der Waals surface area contributed by atoms with E-state index in [1.165, 1.54) is 250 Å². The Morgan fingerprint density at radius 2 is 0.714 bits per heavy atom. The van der Waals surface area contributed by atoms with Crippen LogP contribution in [0.3, 0.4) is 0 Å². The molecule has 3 N–H and O–H groups in total. The molecule has 0 aliphatic rings. The highest BCUT2D eigenvalue weighted by molar-refractivity contribution is 5.76. The van der Waals surface area contributed by atoms with Crippen molar-refractivity contribution in [2.75, 3.05) is 13.2 Å². The molecule has 6 nitrogen and oxygen atoms in total. The molecule has 0 aliphatic heterocycles. The molecule has 0 bridgehead atoms. The molecule has 0 aromatic carbocycles. The molecule has 412 valence electrons. The molecule has 0 aliphatic carbocycles. The van der Waals surface area contributed by atoms with Crippen molar-refractivity contribution < 1.29 is 24.5 Å². The Kier molecular flexibility index (Phi) is 58.0. The second kappa shape index (κ2) is 59.6. The van der Waals surface area contributed by atoms with Crippen LogP contribution in [-0.4, -0.2) is 47.4 Å². The molecule has 6 heteroatoms. The van der Waals surface area contributed by atoms with E-state index in [0.717, 1.165) is 51.4 Å². The van der Waals surface area contributed by atoms with E-state index in [1.807, 2.05) is 0 Å². The van der Waals surface area contributed by atoms with Crippen molar-refractivity contribution in [1.29, 1.82) is 0 Å². The van der Waals surface area contributed by atoms with Gasteiger partial charge in [-0.15, -0.1) is 0 Å². The minimum atomic E-state index is -0.671. The predicted octanol–water partition coefficient (Wildman–Crippen LogP) is 19.6. The van der Waals surface area contributed by atoms with Crippen molar-refractivity contribution in [3.63, 3.8) is 0 Å². The van der Waals surface area contributed by atoms with Gasteiger partial charge in [0.15, 0.2) is 0 Å². The van der Waals surface area contributed by atoms with E-state index in [2.05, 4.69) is 55.6 Å². The Hall–Kier alpha value is -1.92. The highest BCUT2D eigenvalue weighted by Crippen LogP contribution is 2.17. The maximum atomic E-state index is 12.5. The van der Waals surface area contributed by atoms with Crippen LogP contribution in [0.5, 0.6) is 0 Å². The minimum absolute atomic E-state index is 0.000393. The number of esters is 1. The zero-order chi connectivity index (χ0) is 50.7. The number of rotatable bonds is 58. The van der Waals surface area contributed by atoms with Gasteiger partial charge in [-0.25, -0.2) is 0 Å². The Bertz CT molecular complexity index is 1130. The van der Waals surface area contributed by atoms with Crippen LogP contribution in [0.15, 0.2) is 36.5 Å². The number of carbonyl (C=O) groups is 2. The normalized spacial score (nSPS) is 12.8. The van der Waals surface area contributed by atoms with Gasteiger partial charge in [0, 0.05) is 12.8 Å². The number of carbonyl (C=O) groups excluding carboxylic acids is 2. The number of hydrogen-bond donors (Lipinski definition) is 3. The van der Waals surface area contributed by atoms with E-state index < -0.39 is 12.1 Å². The minimum Gasteiger partial charge on any atom is -0.466 e. The van der Waals surface area contributed by atoms with E-state index >= 15 is 0 Å². The molecule has 0 rings (SSSR count). The maximum Gasteiger partial charge on any atom is 0.305 e. The van der Waals surface area contributed by atoms with Gasteiger partial charge in [-0.3, -0.25) is 9.59 Å². The highest BCUT2D eigenvalue weighted by atomic mass is 16.5. The summed E-state index contributed by atoms with van der Waals surface area (Å²) in [6, 6.07) is -0.549. The van der Waals surface area contributed by atoms with E-state index in [-0.39, 0.29) is 18.5 Å². The number of ether oxygens (including phenoxy) is 1. The lowest BCUT2D eigenvalue weighted by Gasteiger charge is -2.22.